The maximum atomic E-state index is 13.5. The first-order valence-electron chi connectivity index (χ1n) is 4.92. The zero-order chi connectivity index (χ0) is 14.0. The number of anilines is 1. The van der Waals surface area contributed by atoms with Gasteiger partial charge in [0.2, 0.25) is 0 Å². The molecule has 0 bridgehead atoms. The summed E-state index contributed by atoms with van der Waals surface area (Å²) in [6.07, 6.45) is 0. The molecule has 0 aliphatic heterocycles. The van der Waals surface area contributed by atoms with Crippen molar-refractivity contribution in [2.45, 2.75) is 0 Å². The number of nitrogens with zero attached hydrogens (tertiary/aromatic N) is 2. The summed E-state index contributed by atoms with van der Waals surface area (Å²) in [6, 6.07) is 5.01. The molecule has 0 atom stereocenters. The molecular weight excluding hydrogens is 315 g/mol. The highest BCUT2D eigenvalue weighted by atomic mass is 35.5. The second-order valence-electron chi connectivity index (χ2n) is 3.45. The molecule has 4 nitrogen and oxygen atoms in total. The van der Waals surface area contributed by atoms with Gasteiger partial charge in [-0.05, 0) is 24.3 Å². The lowest BCUT2D eigenvalue weighted by Gasteiger charge is -2.07. The maximum absolute atomic E-state index is 13.5. The predicted octanol–water partition coefficient (Wildman–Crippen LogP) is 3.83. The van der Waals surface area contributed by atoms with E-state index in [0.29, 0.717) is 0 Å². The average Bonchev–Trinajstić information content (AvgIpc) is 2.36. The molecule has 0 fully saturated rings. The molecule has 1 aromatic carbocycles. The van der Waals surface area contributed by atoms with Crippen LogP contribution >= 0.6 is 34.8 Å². The lowest BCUT2D eigenvalue weighted by Crippen LogP contribution is -2.14. The number of rotatable bonds is 2. The first-order chi connectivity index (χ1) is 8.97. The minimum Gasteiger partial charge on any atom is -0.319 e. The molecule has 0 radical (unpaired) electrons. The topological polar surface area (TPSA) is 54.9 Å². The van der Waals surface area contributed by atoms with Gasteiger partial charge in [0.25, 0.3) is 5.91 Å². The van der Waals surface area contributed by atoms with Crippen molar-refractivity contribution in [2.24, 2.45) is 0 Å². The van der Waals surface area contributed by atoms with Gasteiger partial charge in [-0.25, -0.2) is 4.39 Å². The molecule has 0 unspecified atom stereocenters. The van der Waals surface area contributed by atoms with Gasteiger partial charge >= 0.3 is 0 Å². The first-order valence-corrected chi connectivity index (χ1v) is 6.06. The predicted molar refractivity (Wildman–Crippen MR) is 71.4 cm³/mol. The van der Waals surface area contributed by atoms with Crippen molar-refractivity contribution in [1.82, 2.24) is 10.2 Å². The number of amides is 1. The molecule has 1 N–H and O–H groups in total. The SMILES string of the molecule is O=C(Nc1cc(Cl)ccc1F)c1cc(Cl)nnc1Cl. The summed E-state index contributed by atoms with van der Waals surface area (Å²) in [5.74, 6) is -1.29. The van der Waals surface area contributed by atoms with E-state index in [4.69, 9.17) is 34.8 Å². The van der Waals surface area contributed by atoms with Gasteiger partial charge in [0.15, 0.2) is 10.3 Å². The van der Waals surface area contributed by atoms with Gasteiger partial charge in [-0.3, -0.25) is 4.79 Å². The molecule has 0 aliphatic carbocycles. The molecule has 2 rings (SSSR count). The second kappa shape index (κ2) is 5.69. The standard InChI is InChI=1S/C11H5Cl3FN3O/c12-5-1-2-7(15)8(3-5)16-11(19)6-4-9(13)17-18-10(6)14/h1-4H,(H,16,19). The van der Waals surface area contributed by atoms with Crippen LogP contribution in [0.15, 0.2) is 24.3 Å². The molecule has 1 amide bonds. The Kier molecular flexibility index (Phi) is 4.19. The van der Waals surface area contributed by atoms with Gasteiger partial charge < -0.3 is 5.32 Å². The molecule has 98 valence electrons. The Labute approximate surface area is 122 Å². The highest BCUT2D eigenvalue weighted by Crippen LogP contribution is 2.22. The number of nitrogens with one attached hydrogen (secondary N) is 1. The van der Waals surface area contributed by atoms with Crippen molar-refractivity contribution in [3.8, 4) is 0 Å². The van der Waals surface area contributed by atoms with E-state index in [1.165, 1.54) is 18.2 Å². The number of carbonyl (C=O) groups is 1. The fraction of sp³-hybridized carbons (Fsp3) is 0. The quantitative estimate of drug-likeness (QED) is 0.915. The lowest BCUT2D eigenvalue weighted by atomic mass is 10.2. The third kappa shape index (κ3) is 3.32. The van der Waals surface area contributed by atoms with Gasteiger partial charge in [0.1, 0.15) is 5.82 Å². The highest BCUT2D eigenvalue weighted by Gasteiger charge is 2.15. The van der Waals surface area contributed by atoms with Gasteiger partial charge in [-0.15, -0.1) is 10.2 Å². The molecule has 1 heterocycles. The summed E-state index contributed by atoms with van der Waals surface area (Å²) in [5.41, 5.74) is -0.0810. The van der Waals surface area contributed by atoms with Crippen LogP contribution in [0.3, 0.4) is 0 Å². The first kappa shape index (κ1) is 14.0. The molecule has 0 aliphatic rings. The van der Waals surface area contributed by atoms with Gasteiger partial charge in [-0.1, -0.05) is 34.8 Å². The van der Waals surface area contributed by atoms with Crippen LogP contribution in [0.1, 0.15) is 10.4 Å². The molecule has 19 heavy (non-hydrogen) atoms. The van der Waals surface area contributed by atoms with E-state index >= 15 is 0 Å². The number of hydrogen-bond acceptors (Lipinski definition) is 3. The summed E-state index contributed by atoms with van der Waals surface area (Å²) in [6.45, 7) is 0. The van der Waals surface area contributed by atoms with E-state index in [2.05, 4.69) is 15.5 Å². The Morgan fingerprint density at radius 1 is 1.16 bits per heavy atom. The van der Waals surface area contributed by atoms with Crippen LogP contribution in [0, 0.1) is 5.82 Å². The third-order valence-electron chi connectivity index (χ3n) is 2.14. The van der Waals surface area contributed by atoms with Crippen LogP contribution in [-0.2, 0) is 0 Å². The van der Waals surface area contributed by atoms with E-state index in [1.54, 1.807) is 0 Å². The van der Waals surface area contributed by atoms with E-state index in [1.807, 2.05) is 0 Å². The zero-order valence-electron chi connectivity index (χ0n) is 9.12. The minimum atomic E-state index is -0.664. The van der Waals surface area contributed by atoms with Crippen LogP contribution in [0.2, 0.25) is 15.3 Å². The Bertz CT molecular complexity index is 651. The molecule has 1 aromatic heterocycles. The summed E-state index contributed by atoms with van der Waals surface area (Å²) >= 11 is 17.0. The monoisotopic (exact) mass is 319 g/mol. The number of carbonyl (C=O) groups excluding carboxylic acids is 1. The number of aromatic nitrogens is 2. The summed E-state index contributed by atoms with van der Waals surface area (Å²) in [4.78, 5) is 11.9. The van der Waals surface area contributed by atoms with Crippen molar-refractivity contribution in [2.75, 3.05) is 5.32 Å². The van der Waals surface area contributed by atoms with E-state index < -0.39 is 11.7 Å². The molecule has 2 aromatic rings. The van der Waals surface area contributed by atoms with Gasteiger partial charge in [0.05, 0.1) is 11.3 Å². The summed E-state index contributed by atoms with van der Waals surface area (Å²) < 4.78 is 13.5. The second-order valence-corrected chi connectivity index (χ2v) is 4.63. The summed E-state index contributed by atoms with van der Waals surface area (Å²) in [7, 11) is 0. The van der Waals surface area contributed by atoms with Crippen molar-refractivity contribution in [3.63, 3.8) is 0 Å². The fourth-order valence-corrected chi connectivity index (χ4v) is 1.79. The highest BCUT2D eigenvalue weighted by molar-refractivity contribution is 6.34. The lowest BCUT2D eigenvalue weighted by molar-refractivity contribution is 0.102. The van der Waals surface area contributed by atoms with Crippen LogP contribution in [0.4, 0.5) is 10.1 Å². The van der Waals surface area contributed by atoms with E-state index in [-0.39, 0.29) is 26.6 Å². The molecule has 8 heteroatoms. The largest absolute Gasteiger partial charge is 0.319 e. The number of hydrogen-bond donors (Lipinski definition) is 1. The summed E-state index contributed by atoms with van der Waals surface area (Å²) in [5, 5.41) is 9.43. The Hall–Kier alpha value is -1.43. The van der Waals surface area contributed by atoms with Crippen LogP contribution in [0.5, 0.6) is 0 Å². The van der Waals surface area contributed by atoms with Gasteiger partial charge in [0, 0.05) is 5.02 Å². The minimum absolute atomic E-state index is 0.00103. The Morgan fingerprint density at radius 3 is 2.63 bits per heavy atom. The Morgan fingerprint density at radius 2 is 1.89 bits per heavy atom. The van der Waals surface area contributed by atoms with Crippen LogP contribution < -0.4 is 5.32 Å². The van der Waals surface area contributed by atoms with Gasteiger partial charge in [-0.2, -0.15) is 0 Å². The molecule has 0 saturated heterocycles. The fourth-order valence-electron chi connectivity index (χ4n) is 1.30. The van der Waals surface area contributed by atoms with Crippen LogP contribution in [0.25, 0.3) is 0 Å². The normalized spacial score (nSPS) is 10.3. The van der Waals surface area contributed by atoms with Crippen molar-refractivity contribution in [3.05, 3.63) is 51.0 Å². The molecule has 0 saturated carbocycles. The van der Waals surface area contributed by atoms with Crippen molar-refractivity contribution < 1.29 is 9.18 Å². The number of benzene rings is 1. The molecular formula is C11H5Cl3FN3O. The van der Waals surface area contributed by atoms with E-state index in [9.17, 15) is 9.18 Å². The smallest absolute Gasteiger partial charge is 0.259 e. The van der Waals surface area contributed by atoms with Crippen molar-refractivity contribution >= 4 is 46.4 Å². The van der Waals surface area contributed by atoms with E-state index in [0.717, 1.165) is 6.07 Å². The number of halogens is 4. The maximum Gasteiger partial charge on any atom is 0.259 e. The van der Waals surface area contributed by atoms with Crippen LogP contribution in [-0.4, -0.2) is 16.1 Å². The zero-order valence-corrected chi connectivity index (χ0v) is 11.4. The Balaban J connectivity index is 2.30. The third-order valence-corrected chi connectivity index (χ3v) is 2.84. The average molecular weight is 321 g/mol. The van der Waals surface area contributed by atoms with Crippen molar-refractivity contribution in [1.29, 1.82) is 0 Å². The molecule has 0 spiro atoms.